The van der Waals surface area contributed by atoms with E-state index in [1.807, 2.05) is 0 Å². The quantitative estimate of drug-likeness (QED) is 0.245. The SMILES string of the molecule is NN/N=C(\N)c1ccc(N2Cc3cc(Cl)cc(Cl)c3OC2=S)cn1. The summed E-state index contributed by atoms with van der Waals surface area (Å²) in [6, 6.07) is 6.91. The van der Waals surface area contributed by atoms with Gasteiger partial charge in [-0.1, -0.05) is 23.2 Å². The highest BCUT2D eigenvalue weighted by atomic mass is 35.5. The summed E-state index contributed by atoms with van der Waals surface area (Å²) in [7, 11) is 0. The number of aromatic nitrogens is 1. The molecule has 0 spiro atoms. The lowest BCUT2D eigenvalue weighted by Gasteiger charge is -2.30. The standard InChI is InChI=1S/C14H12Cl2N6OS/c15-8-3-7-6-22(14(24)23-12(7)10(16)4-8)9-1-2-11(19-5-9)13(17)20-21-18/h1-5,21H,6,18H2,(H2,17,20). The average molecular weight is 383 g/mol. The van der Waals surface area contributed by atoms with Gasteiger partial charge in [-0.15, -0.1) is 5.10 Å². The van der Waals surface area contributed by atoms with Crippen molar-refractivity contribution in [3.8, 4) is 5.75 Å². The van der Waals surface area contributed by atoms with Crippen LogP contribution in [0.1, 0.15) is 11.3 Å². The zero-order valence-electron chi connectivity index (χ0n) is 12.2. The molecule has 0 atom stereocenters. The lowest BCUT2D eigenvalue weighted by Crippen LogP contribution is -2.37. The van der Waals surface area contributed by atoms with Crippen molar-refractivity contribution in [1.29, 1.82) is 0 Å². The van der Waals surface area contributed by atoms with E-state index < -0.39 is 0 Å². The van der Waals surface area contributed by atoms with Crippen LogP contribution in [0.2, 0.25) is 10.0 Å². The molecule has 0 radical (unpaired) electrons. The molecule has 0 unspecified atom stereocenters. The first kappa shape index (κ1) is 16.7. The van der Waals surface area contributed by atoms with Crippen molar-refractivity contribution in [2.45, 2.75) is 6.54 Å². The third kappa shape index (κ3) is 3.22. The van der Waals surface area contributed by atoms with Crippen LogP contribution in [-0.4, -0.2) is 16.0 Å². The number of pyridine rings is 1. The van der Waals surface area contributed by atoms with E-state index in [0.717, 1.165) is 11.3 Å². The number of anilines is 1. The minimum atomic E-state index is 0.172. The summed E-state index contributed by atoms with van der Waals surface area (Å²) in [4.78, 5) is 6.01. The van der Waals surface area contributed by atoms with Crippen molar-refractivity contribution in [3.63, 3.8) is 0 Å². The summed E-state index contributed by atoms with van der Waals surface area (Å²) >= 11 is 17.5. The Labute approximate surface area is 153 Å². The lowest BCUT2D eigenvalue weighted by molar-refractivity contribution is 0.518. The molecule has 1 aliphatic heterocycles. The molecule has 0 saturated carbocycles. The maximum Gasteiger partial charge on any atom is 0.269 e. The first-order valence-electron chi connectivity index (χ1n) is 6.72. The molecule has 2 aromatic rings. The van der Waals surface area contributed by atoms with E-state index in [4.69, 9.17) is 51.7 Å². The highest BCUT2D eigenvalue weighted by Gasteiger charge is 2.26. The third-order valence-corrected chi connectivity index (χ3v) is 4.13. The number of ether oxygens (including phenoxy) is 1. The number of rotatable bonds is 3. The van der Waals surface area contributed by atoms with Crippen molar-refractivity contribution in [1.82, 2.24) is 10.5 Å². The van der Waals surface area contributed by atoms with Gasteiger partial charge in [-0.05, 0) is 36.5 Å². The molecular formula is C14H12Cl2N6OS. The second kappa shape index (κ2) is 6.78. The van der Waals surface area contributed by atoms with Crippen LogP contribution in [0.5, 0.6) is 5.75 Å². The van der Waals surface area contributed by atoms with Crippen molar-refractivity contribution in [2.75, 3.05) is 4.90 Å². The number of nitrogens with zero attached hydrogens (tertiary/aromatic N) is 3. The Balaban J connectivity index is 1.90. The largest absolute Gasteiger partial charge is 0.430 e. The Hall–Kier alpha value is -2.13. The van der Waals surface area contributed by atoms with E-state index in [-0.39, 0.29) is 11.0 Å². The van der Waals surface area contributed by atoms with Gasteiger partial charge < -0.3 is 10.5 Å². The Bertz CT molecular complexity index is 827. The molecule has 1 aromatic heterocycles. The molecule has 1 aliphatic rings. The first-order chi connectivity index (χ1) is 11.5. The van der Waals surface area contributed by atoms with Crippen LogP contribution in [0.4, 0.5) is 5.69 Å². The molecule has 0 aliphatic carbocycles. The van der Waals surface area contributed by atoms with Gasteiger partial charge in [0.1, 0.15) is 5.69 Å². The average Bonchev–Trinajstić information content (AvgIpc) is 2.55. The fourth-order valence-corrected chi connectivity index (χ4v) is 3.07. The number of thiocarbonyl (C=S) groups is 1. The van der Waals surface area contributed by atoms with Gasteiger partial charge in [-0.2, -0.15) is 0 Å². The third-order valence-electron chi connectivity index (χ3n) is 3.33. The minimum absolute atomic E-state index is 0.172. The van der Waals surface area contributed by atoms with Crippen LogP contribution in [0, 0.1) is 0 Å². The number of hydrazine groups is 1. The van der Waals surface area contributed by atoms with Crippen LogP contribution in [0.15, 0.2) is 35.6 Å². The summed E-state index contributed by atoms with van der Waals surface area (Å²) in [6.07, 6.45) is 1.61. The molecule has 24 heavy (non-hydrogen) atoms. The molecule has 2 heterocycles. The molecule has 5 N–H and O–H groups in total. The van der Waals surface area contributed by atoms with Gasteiger partial charge in [0.15, 0.2) is 11.6 Å². The van der Waals surface area contributed by atoms with E-state index in [2.05, 4.69) is 15.6 Å². The summed E-state index contributed by atoms with van der Waals surface area (Å²) < 4.78 is 5.66. The normalized spacial score (nSPS) is 14.2. The van der Waals surface area contributed by atoms with Crippen LogP contribution in [-0.2, 0) is 6.54 Å². The van der Waals surface area contributed by atoms with Gasteiger partial charge in [0, 0.05) is 10.6 Å². The molecule has 7 nitrogen and oxygen atoms in total. The number of fused-ring (bicyclic) bond motifs is 1. The maximum atomic E-state index is 6.15. The van der Waals surface area contributed by atoms with E-state index in [1.54, 1.807) is 35.4 Å². The number of hydrogen-bond acceptors (Lipinski definition) is 6. The molecule has 0 fully saturated rings. The highest BCUT2D eigenvalue weighted by Crippen LogP contribution is 2.37. The Morgan fingerprint density at radius 3 is 2.83 bits per heavy atom. The number of hydrogen-bond donors (Lipinski definition) is 3. The smallest absolute Gasteiger partial charge is 0.269 e. The van der Waals surface area contributed by atoms with Crippen LogP contribution in [0.3, 0.4) is 0 Å². The number of nitrogens with two attached hydrogens (primary N) is 2. The predicted octanol–water partition coefficient (Wildman–Crippen LogP) is 2.16. The van der Waals surface area contributed by atoms with Gasteiger partial charge in [0.25, 0.3) is 5.17 Å². The number of hydrazone groups is 1. The van der Waals surface area contributed by atoms with Crippen molar-refractivity contribution < 1.29 is 4.74 Å². The van der Waals surface area contributed by atoms with Crippen LogP contribution in [0.25, 0.3) is 0 Å². The predicted molar refractivity (Wildman–Crippen MR) is 98.2 cm³/mol. The van der Waals surface area contributed by atoms with Gasteiger partial charge in [0.05, 0.1) is 23.5 Å². The lowest BCUT2D eigenvalue weighted by atomic mass is 10.1. The Kier molecular flexibility index (Phi) is 4.72. The zero-order valence-corrected chi connectivity index (χ0v) is 14.5. The number of halogens is 2. The second-order valence-corrected chi connectivity index (χ2v) is 6.05. The molecule has 0 bridgehead atoms. The fourth-order valence-electron chi connectivity index (χ4n) is 2.24. The molecule has 10 heteroatoms. The van der Waals surface area contributed by atoms with Crippen LogP contribution < -0.4 is 26.7 Å². The van der Waals surface area contributed by atoms with Gasteiger partial charge in [-0.25, -0.2) is 11.4 Å². The van der Waals surface area contributed by atoms with Crippen LogP contribution >= 0.6 is 35.4 Å². The van der Waals surface area contributed by atoms with E-state index in [1.165, 1.54) is 0 Å². The summed E-state index contributed by atoms with van der Waals surface area (Å²) in [5, 5.41) is 4.89. The molecular weight excluding hydrogens is 371 g/mol. The molecule has 1 aromatic carbocycles. The minimum Gasteiger partial charge on any atom is -0.430 e. The van der Waals surface area contributed by atoms with Crippen molar-refractivity contribution in [2.24, 2.45) is 16.7 Å². The number of amidine groups is 1. The zero-order chi connectivity index (χ0) is 17.3. The molecule has 3 rings (SSSR count). The van der Waals surface area contributed by atoms with E-state index in [9.17, 15) is 0 Å². The van der Waals surface area contributed by atoms with E-state index in [0.29, 0.717) is 28.0 Å². The molecule has 0 amide bonds. The van der Waals surface area contributed by atoms with Crippen molar-refractivity contribution >= 4 is 52.1 Å². The first-order valence-corrected chi connectivity index (χ1v) is 7.88. The topological polar surface area (TPSA) is 102 Å². The Morgan fingerprint density at radius 1 is 1.38 bits per heavy atom. The number of nitrogens with one attached hydrogen (secondary N) is 1. The number of benzene rings is 1. The fraction of sp³-hybridized carbons (Fsp3) is 0.0714. The highest BCUT2D eigenvalue weighted by molar-refractivity contribution is 7.80. The van der Waals surface area contributed by atoms with Gasteiger partial charge in [-0.3, -0.25) is 9.88 Å². The Morgan fingerprint density at radius 2 is 2.17 bits per heavy atom. The summed E-state index contributed by atoms with van der Waals surface area (Å²) in [5.41, 5.74) is 9.87. The van der Waals surface area contributed by atoms with E-state index >= 15 is 0 Å². The van der Waals surface area contributed by atoms with Crippen molar-refractivity contribution in [3.05, 3.63) is 51.8 Å². The monoisotopic (exact) mass is 382 g/mol. The summed E-state index contributed by atoms with van der Waals surface area (Å²) in [6.45, 7) is 0.462. The van der Waals surface area contributed by atoms with Gasteiger partial charge >= 0.3 is 0 Å². The van der Waals surface area contributed by atoms with Gasteiger partial charge in [0.2, 0.25) is 0 Å². The second-order valence-electron chi connectivity index (χ2n) is 4.86. The molecule has 124 valence electrons. The maximum absolute atomic E-state index is 6.15. The molecule has 0 saturated heterocycles. The summed E-state index contributed by atoms with van der Waals surface area (Å²) in [5.74, 6) is 5.79.